The number of hydrogen-bond donors (Lipinski definition) is 0. The van der Waals surface area contributed by atoms with Crippen molar-refractivity contribution in [2.45, 2.75) is 6.92 Å². The van der Waals surface area contributed by atoms with Gasteiger partial charge in [-0.05, 0) is 13.0 Å². The Bertz CT molecular complexity index is 265. The lowest BCUT2D eigenvalue weighted by atomic mass is 10.2. The molecular weight excluding hydrogens is 150 g/mol. The highest BCUT2D eigenvalue weighted by Gasteiger charge is 2.06. The highest BCUT2D eigenvalue weighted by atomic mass is 35.5. The van der Waals surface area contributed by atoms with E-state index in [0.29, 0.717) is 10.7 Å². The molecule has 0 saturated heterocycles. The second-order valence-corrected chi connectivity index (χ2v) is 2.55. The maximum absolute atomic E-state index is 10.8. The third kappa shape index (κ3) is 1.07. The number of Topliss-reactive ketones (excluding diaryl/α,β-unsaturated/α-hetero) is 1. The Morgan fingerprint density at radius 1 is 1.70 bits per heavy atom. The average Bonchev–Trinajstić information content (AvgIpc) is 2.14. The zero-order valence-corrected chi connectivity index (χ0v) is 6.64. The summed E-state index contributed by atoms with van der Waals surface area (Å²) in [6, 6.07) is 1.71. The SMILES string of the molecule is CC(=O)c1ccn(C)c1Cl. The molecule has 1 rings (SSSR count). The maximum Gasteiger partial charge on any atom is 0.162 e. The molecule has 0 aromatic carbocycles. The normalized spacial score (nSPS) is 9.90. The summed E-state index contributed by atoms with van der Waals surface area (Å²) in [5, 5.41) is 0.507. The summed E-state index contributed by atoms with van der Waals surface area (Å²) < 4.78 is 1.71. The van der Waals surface area contributed by atoms with Crippen molar-refractivity contribution in [3.05, 3.63) is 23.0 Å². The number of ketones is 1. The van der Waals surface area contributed by atoms with Gasteiger partial charge in [-0.1, -0.05) is 11.6 Å². The van der Waals surface area contributed by atoms with Gasteiger partial charge in [-0.2, -0.15) is 0 Å². The van der Waals surface area contributed by atoms with Crippen molar-refractivity contribution in [2.75, 3.05) is 0 Å². The van der Waals surface area contributed by atoms with Crippen molar-refractivity contribution in [1.29, 1.82) is 0 Å². The average molecular weight is 158 g/mol. The predicted octanol–water partition coefficient (Wildman–Crippen LogP) is 1.88. The number of nitrogens with zero attached hydrogens (tertiary/aromatic N) is 1. The molecule has 0 aliphatic rings. The summed E-state index contributed by atoms with van der Waals surface area (Å²) in [5.74, 6) is 0.00519. The molecule has 0 saturated carbocycles. The van der Waals surface area contributed by atoms with E-state index >= 15 is 0 Å². The maximum atomic E-state index is 10.8. The molecule has 54 valence electrons. The van der Waals surface area contributed by atoms with Gasteiger partial charge in [0.2, 0.25) is 0 Å². The minimum absolute atomic E-state index is 0.00519. The zero-order valence-electron chi connectivity index (χ0n) is 5.89. The quantitative estimate of drug-likeness (QED) is 0.571. The second kappa shape index (κ2) is 2.46. The van der Waals surface area contributed by atoms with E-state index in [1.165, 1.54) is 6.92 Å². The Hall–Kier alpha value is -0.760. The minimum Gasteiger partial charge on any atom is -0.341 e. The Morgan fingerprint density at radius 3 is 2.50 bits per heavy atom. The van der Waals surface area contributed by atoms with Crippen LogP contribution in [-0.2, 0) is 7.05 Å². The molecule has 2 nitrogen and oxygen atoms in total. The van der Waals surface area contributed by atoms with Gasteiger partial charge >= 0.3 is 0 Å². The van der Waals surface area contributed by atoms with E-state index in [1.807, 2.05) is 0 Å². The van der Waals surface area contributed by atoms with Gasteiger partial charge in [0.05, 0.1) is 5.56 Å². The van der Waals surface area contributed by atoms with Crippen molar-refractivity contribution in [3.8, 4) is 0 Å². The molecule has 1 heterocycles. The Labute approximate surface area is 64.4 Å². The van der Waals surface area contributed by atoms with Crippen LogP contribution in [0.4, 0.5) is 0 Å². The van der Waals surface area contributed by atoms with Gasteiger partial charge in [-0.3, -0.25) is 4.79 Å². The summed E-state index contributed by atoms with van der Waals surface area (Å²) >= 11 is 5.75. The highest BCUT2D eigenvalue weighted by Crippen LogP contribution is 2.15. The summed E-state index contributed by atoms with van der Waals surface area (Å²) in [6.07, 6.45) is 1.76. The molecular formula is C7H8ClNO. The molecule has 0 aliphatic heterocycles. The van der Waals surface area contributed by atoms with Gasteiger partial charge in [-0.25, -0.2) is 0 Å². The first-order chi connectivity index (χ1) is 4.63. The van der Waals surface area contributed by atoms with Gasteiger partial charge in [0, 0.05) is 13.2 Å². The molecule has 0 atom stereocenters. The van der Waals surface area contributed by atoms with Crippen LogP contribution in [-0.4, -0.2) is 10.4 Å². The van der Waals surface area contributed by atoms with Crippen LogP contribution in [0.3, 0.4) is 0 Å². The van der Waals surface area contributed by atoms with Crippen LogP contribution in [0.2, 0.25) is 5.15 Å². The molecule has 0 bridgehead atoms. The third-order valence-electron chi connectivity index (χ3n) is 1.38. The number of rotatable bonds is 1. The fourth-order valence-electron chi connectivity index (χ4n) is 0.773. The van der Waals surface area contributed by atoms with E-state index in [4.69, 9.17) is 11.6 Å². The summed E-state index contributed by atoms with van der Waals surface area (Å²) in [7, 11) is 1.80. The predicted molar refractivity (Wildman–Crippen MR) is 40.4 cm³/mol. The van der Waals surface area contributed by atoms with E-state index in [9.17, 15) is 4.79 Å². The molecule has 0 fully saturated rings. The van der Waals surface area contributed by atoms with E-state index in [1.54, 1.807) is 23.9 Å². The molecule has 0 N–H and O–H groups in total. The first-order valence-corrected chi connectivity index (χ1v) is 3.32. The van der Waals surface area contributed by atoms with Gasteiger partial charge in [0.25, 0.3) is 0 Å². The number of hydrogen-bond acceptors (Lipinski definition) is 1. The van der Waals surface area contributed by atoms with Crippen LogP contribution in [0.15, 0.2) is 12.3 Å². The van der Waals surface area contributed by atoms with Crippen LogP contribution in [0.25, 0.3) is 0 Å². The van der Waals surface area contributed by atoms with E-state index < -0.39 is 0 Å². The van der Waals surface area contributed by atoms with Gasteiger partial charge in [0.1, 0.15) is 5.15 Å². The molecule has 1 aromatic heterocycles. The molecule has 1 aromatic rings. The molecule has 0 unspecified atom stereocenters. The number of carbonyl (C=O) groups excluding carboxylic acids is 1. The highest BCUT2D eigenvalue weighted by molar-refractivity contribution is 6.33. The fourth-order valence-corrected chi connectivity index (χ4v) is 1.03. The monoisotopic (exact) mass is 157 g/mol. The Balaban J connectivity index is 3.17. The zero-order chi connectivity index (χ0) is 7.72. The smallest absolute Gasteiger partial charge is 0.162 e. The van der Waals surface area contributed by atoms with Crippen molar-refractivity contribution >= 4 is 17.4 Å². The van der Waals surface area contributed by atoms with Gasteiger partial charge in [0.15, 0.2) is 5.78 Å². The van der Waals surface area contributed by atoms with Crippen LogP contribution >= 0.6 is 11.6 Å². The molecule has 0 amide bonds. The van der Waals surface area contributed by atoms with E-state index in [2.05, 4.69) is 0 Å². The number of halogens is 1. The number of aryl methyl sites for hydroxylation is 1. The lowest BCUT2D eigenvalue weighted by Crippen LogP contribution is -1.91. The standard InChI is InChI=1S/C7H8ClNO/c1-5(10)6-3-4-9(2)7(6)8/h3-4H,1-2H3. The lowest BCUT2D eigenvalue weighted by molar-refractivity contribution is 0.101. The van der Waals surface area contributed by atoms with E-state index in [-0.39, 0.29) is 5.78 Å². The van der Waals surface area contributed by atoms with Crippen LogP contribution in [0.1, 0.15) is 17.3 Å². The summed E-state index contributed by atoms with van der Waals surface area (Å²) in [5.41, 5.74) is 0.587. The second-order valence-electron chi connectivity index (χ2n) is 2.19. The summed E-state index contributed by atoms with van der Waals surface area (Å²) in [6.45, 7) is 1.50. The molecule has 0 aliphatic carbocycles. The lowest BCUT2D eigenvalue weighted by Gasteiger charge is -1.93. The van der Waals surface area contributed by atoms with Gasteiger partial charge in [-0.15, -0.1) is 0 Å². The fraction of sp³-hybridized carbons (Fsp3) is 0.286. The van der Waals surface area contributed by atoms with Crippen LogP contribution in [0.5, 0.6) is 0 Å². The molecule has 3 heteroatoms. The topological polar surface area (TPSA) is 22.0 Å². The first kappa shape index (κ1) is 7.35. The van der Waals surface area contributed by atoms with Crippen molar-refractivity contribution in [2.24, 2.45) is 7.05 Å². The first-order valence-electron chi connectivity index (χ1n) is 2.94. The summed E-state index contributed by atoms with van der Waals surface area (Å²) in [4.78, 5) is 10.8. The van der Waals surface area contributed by atoms with Crippen molar-refractivity contribution in [1.82, 2.24) is 4.57 Å². The molecule has 10 heavy (non-hydrogen) atoms. The number of carbonyl (C=O) groups is 1. The number of aromatic nitrogens is 1. The Morgan fingerprint density at radius 2 is 2.30 bits per heavy atom. The van der Waals surface area contributed by atoms with Crippen LogP contribution in [0, 0.1) is 0 Å². The third-order valence-corrected chi connectivity index (χ3v) is 1.85. The van der Waals surface area contributed by atoms with Crippen LogP contribution < -0.4 is 0 Å². The van der Waals surface area contributed by atoms with Gasteiger partial charge < -0.3 is 4.57 Å². The van der Waals surface area contributed by atoms with Crippen molar-refractivity contribution < 1.29 is 4.79 Å². The minimum atomic E-state index is 0.00519. The molecule has 0 spiro atoms. The van der Waals surface area contributed by atoms with E-state index in [0.717, 1.165) is 0 Å². The Kier molecular flexibility index (Phi) is 1.81. The van der Waals surface area contributed by atoms with Crippen molar-refractivity contribution in [3.63, 3.8) is 0 Å². The largest absolute Gasteiger partial charge is 0.341 e. The molecule has 0 radical (unpaired) electrons.